The lowest BCUT2D eigenvalue weighted by Crippen LogP contribution is -2.26. The molecule has 0 unspecified atom stereocenters. The van der Waals surface area contributed by atoms with Gasteiger partial charge in [0.05, 0.1) is 13.2 Å². The van der Waals surface area contributed by atoms with Crippen LogP contribution in [0.15, 0.2) is 30.3 Å². The van der Waals surface area contributed by atoms with E-state index in [1.807, 2.05) is 25.1 Å². The van der Waals surface area contributed by atoms with Crippen LogP contribution in [0.3, 0.4) is 0 Å². The first-order chi connectivity index (χ1) is 7.33. The molecule has 0 atom stereocenters. The molecule has 1 N–H and O–H groups in total. The monoisotopic (exact) mass is 207 g/mol. The Morgan fingerprint density at radius 2 is 2.07 bits per heavy atom. The summed E-state index contributed by atoms with van der Waals surface area (Å²) in [7, 11) is 0. The predicted octanol–water partition coefficient (Wildman–Crippen LogP) is 1.38. The quantitative estimate of drug-likeness (QED) is 0.566. The standard InChI is InChI=1S/C12H17NO2/c1-2-15-12(14)10-13-9-8-11-6-4-3-5-7-11/h3-7,13H,2,8-10H2,1H3. The van der Waals surface area contributed by atoms with Crippen LogP contribution in [0, 0.1) is 0 Å². The minimum Gasteiger partial charge on any atom is -0.465 e. The molecule has 82 valence electrons. The number of esters is 1. The number of carbonyl (C=O) groups excluding carboxylic acids is 1. The van der Waals surface area contributed by atoms with Gasteiger partial charge in [-0.1, -0.05) is 30.3 Å². The minimum absolute atomic E-state index is 0.189. The van der Waals surface area contributed by atoms with Crippen molar-refractivity contribution in [3.63, 3.8) is 0 Å². The van der Waals surface area contributed by atoms with E-state index in [1.165, 1.54) is 5.56 Å². The zero-order chi connectivity index (χ0) is 10.9. The predicted molar refractivity (Wildman–Crippen MR) is 59.6 cm³/mol. The number of rotatable bonds is 6. The Morgan fingerprint density at radius 1 is 1.33 bits per heavy atom. The molecular weight excluding hydrogens is 190 g/mol. The molecule has 0 heterocycles. The van der Waals surface area contributed by atoms with E-state index in [4.69, 9.17) is 4.74 Å². The fourth-order valence-electron chi connectivity index (χ4n) is 1.28. The van der Waals surface area contributed by atoms with Gasteiger partial charge in [0.25, 0.3) is 0 Å². The SMILES string of the molecule is CCOC(=O)CNCCc1ccccc1. The lowest BCUT2D eigenvalue weighted by Gasteiger charge is -2.04. The summed E-state index contributed by atoms with van der Waals surface area (Å²) in [6.45, 7) is 3.34. The van der Waals surface area contributed by atoms with Crippen LogP contribution in [0.2, 0.25) is 0 Å². The van der Waals surface area contributed by atoms with E-state index in [-0.39, 0.29) is 5.97 Å². The third kappa shape index (κ3) is 5.18. The van der Waals surface area contributed by atoms with Gasteiger partial charge >= 0.3 is 5.97 Å². The normalized spacial score (nSPS) is 9.93. The van der Waals surface area contributed by atoms with Crippen LogP contribution < -0.4 is 5.32 Å². The minimum atomic E-state index is -0.189. The number of ether oxygens (including phenoxy) is 1. The Labute approximate surface area is 90.4 Å². The molecule has 0 saturated heterocycles. The van der Waals surface area contributed by atoms with Gasteiger partial charge in [0, 0.05) is 0 Å². The molecule has 1 aromatic rings. The van der Waals surface area contributed by atoms with Gasteiger partial charge in [-0.3, -0.25) is 4.79 Å². The van der Waals surface area contributed by atoms with Crippen molar-refractivity contribution in [2.45, 2.75) is 13.3 Å². The Morgan fingerprint density at radius 3 is 2.73 bits per heavy atom. The van der Waals surface area contributed by atoms with E-state index in [9.17, 15) is 4.79 Å². The Kier molecular flexibility index (Phi) is 5.48. The highest BCUT2D eigenvalue weighted by atomic mass is 16.5. The molecule has 1 rings (SSSR count). The van der Waals surface area contributed by atoms with Gasteiger partial charge in [-0.15, -0.1) is 0 Å². The molecule has 0 aliphatic carbocycles. The van der Waals surface area contributed by atoms with Gasteiger partial charge in [-0.25, -0.2) is 0 Å². The number of hydrogen-bond acceptors (Lipinski definition) is 3. The van der Waals surface area contributed by atoms with Crippen LogP contribution in [0.1, 0.15) is 12.5 Å². The van der Waals surface area contributed by atoms with Crippen LogP contribution in [0.25, 0.3) is 0 Å². The van der Waals surface area contributed by atoms with Crippen molar-refractivity contribution in [1.82, 2.24) is 5.32 Å². The third-order valence-electron chi connectivity index (χ3n) is 2.01. The van der Waals surface area contributed by atoms with Gasteiger partial charge in [0.15, 0.2) is 0 Å². The molecule has 0 aromatic heterocycles. The van der Waals surface area contributed by atoms with Crippen molar-refractivity contribution in [3.8, 4) is 0 Å². The van der Waals surface area contributed by atoms with Gasteiger partial charge < -0.3 is 10.1 Å². The molecule has 15 heavy (non-hydrogen) atoms. The average Bonchev–Trinajstić information content (AvgIpc) is 2.26. The molecule has 0 bridgehead atoms. The molecule has 3 heteroatoms. The number of carbonyl (C=O) groups is 1. The van der Waals surface area contributed by atoms with Crippen molar-refractivity contribution in [1.29, 1.82) is 0 Å². The second-order valence-corrected chi connectivity index (χ2v) is 3.22. The first-order valence-corrected chi connectivity index (χ1v) is 5.23. The van der Waals surface area contributed by atoms with Crippen molar-refractivity contribution in [2.75, 3.05) is 19.7 Å². The van der Waals surface area contributed by atoms with Gasteiger partial charge in [-0.2, -0.15) is 0 Å². The van der Waals surface area contributed by atoms with E-state index in [0.717, 1.165) is 13.0 Å². The smallest absolute Gasteiger partial charge is 0.319 e. The fraction of sp³-hybridized carbons (Fsp3) is 0.417. The van der Waals surface area contributed by atoms with Crippen LogP contribution in [0.4, 0.5) is 0 Å². The molecule has 0 spiro atoms. The molecule has 0 saturated carbocycles. The van der Waals surface area contributed by atoms with Crippen LogP contribution in [0.5, 0.6) is 0 Å². The summed E-state index contributed by atoms with van der Waals surface area (Å²) in [5.41, 5.74) is 1.27. The molecule has 1 aromatic carbocycles. The summed E-state index contributed by atoms with van der Waals surface area (Å²) in [4.78, 5) is 11.0. The highest BCUT2D eigenvalue weighted by Crippen LogP contribution is 1.97. The van der Waals surface area contributed by atoms with Crippen molar-refractivity contribution >= 4 is 5.97 Å². The van der Waals surface area contributed by atoms with Crippen molar-refractivity contribution < 1.29 is 9.53 Å². The molecule has 3 nitrogen and oxygen atoms in total. The number of nitrogens with one attached hydrogen (secondary N) is 1. The largest absolute Gasteiger partial charge is 0.465 e. The maximum Gasteiger partial charge on any atom is 0.319 e. The summed E-state index contributed by atoms with van der Waals surface area (Å²) in [5.74, 6) is -0.189. The van der Waals surface area contributed by atoms with E-state index in [2.05, 4.69) is 17.4 Å². The molecule has 0 aliphatic rings. The maximum atomic E-state index is 11.0. The Bertz CT molecular complexity index is 285. The fourth-order valence-corrected chi connectivity index (χ4v) is 1.28. The maximum absolute atomic E-state index is 11.0. The van der Waals surface area contributed by atoms with E-state index >= 15 is 0 Å². The summed E-state index contributed by atoms with van der Waals surface area (Å²) >= 11 is 0. The zero-order valence-electron chi connectivity index (χ0n) is 9.03. The number of benzene rings is 1. The second kappa shape index (κ2) is 7.01. The molecule has 0 aliphatic heterocycles. The first-order valence-electron chi connectivity index (χ1n) is 5.23. The van der Waals surface area contributed by atoms with Gasteiger partial charge in [0.2, 0.25) is 0 Å². The first kappa shape index (κ1) is 11.7. The summed E-state index contributed by atoms with van der Waals surface area (Å²) in [6.07, 6.45) is 0.931. The molecule has 0 fully saturated rings. The lowest BCUT2D eigenvalue weighted by molar-refractivity contribution is -0.141. The lowest BCUT2D eigenvalue weighted by atomic mass is 10.1. The summed E-state index contributed by atoms with van der Waals surface area (Å²) in [6, 6.07) is 10.2. The second-order valence-electron chi connectivity index (χ2n) is 3.22. The van der Waals surface area contributed by atoms with E-state index in [0.29, 0.717) is 13.2 Å². The summed E-state index contributed by atoms with van der Waals surface area (Å²) < 4.78 is 4.79. The molecule has 0 radical (unpaired) electrons. The third-order valence-corrected chi connectivity index (χ3v) is 2.01. The topological polar surface area (TPSA) is 38.3 Å². The van der Waals surface area contributed by atoms with Crippen molar-refractivity contribution in [3.05, 3.63) is 35.9 Å². The average molecular weight is 207 g/mol. The van der Waals surface area contributed by atoms with Gasteiger partial charge in [-0.05, 0) is 25.5 Å². The summed E-state index contributed by atoms with van der Waals surface area (Å²) in [5, 5.41) is 3.04. The molecule has 0 amide bonds. The van der Waals surface area contributed by atoms with Gasteiger partial charge in [0.1, 0.15) is 0 Å². The molecular formula is C12H17NO2. The highest BCUT2D eigenvalue weighted by molar-refractivity contribution is 5.71. The van der Waals surface area contributed by atoms with Crippen molar-refractivity contribution in [2.24, 2.45) is 0 Å². The Hall–Kier alpha value is -1.35. The van der Waals surface area contributed by atoms with Crippen LogP contribution >= 0.6 is 0 Å². The van der Waals surface area contributed by atoms with E-state index < -0.39 is 0 Å². The number of hydrogen-bond donors (Lipinski definition) is 1. The highest BCUT2D eigenvalue weighted by Gasteiger charge is 1.99. The Balaban J connectivity index is 2.10. The van der Waals surface area contributed by atoms with Crippen LogP contribution in [-0.2, 0) is 16.0 Å². The van der Waals surface area contributed by atoms with Crippen LogP contribution in [-0.4, -0.2) is 25.7 Å². The van der Waals surface area contributed by atoms with E-state index in [1.54, 1.807) is 0 Å². The zero-order valence-corrected chi connectivity index (χ0v) is 9.03.